The maximum absolute atomic E-state index is 13.1. The summed E-state index contributed by atoms with van der Waals surface area (Å²) in [5.41, 5.74) is 1.03. The Labute approximate surface area is 170 Å². The van der Waals surface area contributed by atoms with Gasteiger partial charge in [-0.3, -0.25) is 4.79 Å². The summed E-state index contributed by atoms with van der Waals surface area (Å²) in [5, 5.41) is 13.0. The molecule has 0 saturated heterocycles. The molecule has 0 radical (unpaired) electrons. The Morgan fingerprint density at radius 2 is 1.93 bits per heavy atom. The Bertz CT molecular complexity index is 1150. The van der Waals surface area contributed by atoms with Crippen LogP contribution in [0.25, 0.3) is 10.8 Å². The van der Waals surface area contributed by atoms with E-state index in [4.69, 9.17) is 4.74 Å². The van der Waals surface area contributed by atoms with Crippen molar-refractivity contribution in [2.24, 2.45) is 0 Å². The van der Waals surface area contributed by atoms with Gasteiger partial charge < -0.3 is 15.0 Å². The zero-order valence-corrected chi connectivity index (χ0v) is 16.5. The van der Waals surface area contributed by atoms with Crippen molar-refractivity contribution in [3.05, 3.63) is 53.2 Å². The number of halogens is 3. The lowest BCUT2D eigenvalue weighted by molar-refractivity contribution is -0.137. The molecule has 156 valence electrons. The van der Waals surface area contributed by atoms with Gasteiger partial charge in [-0.1, -0.05) is 12.1 Å². The molecule has 0 unspecified atom stereocenters. The first-order valence-electron chi connectivity index (χ1n) is 9.29. The third-order valence-corrected chi connectivity index (χ3v) is 5.20. The lowest BCUT2D eigenvalue weighted by Crippen LogP contribution is -2.35. The first-order valence-corrected chi connectivity index (χ1v) is 9.29. The summed E-state index contributed by atoms with van der Waals surface area (Å²) >= 11 is 0. The molecule has 1 N–H and O–H groups in total. The van der Waals surface area contributed by atoms with Crippen LogP contribution >= 0.6 is 0 Å². The van der Waals surface area contributed by atoms with E-state index in [1.54, 1.807) is 39.1 Å². The van der Waals surface area contributed by atoms with Crippen molar-refractivity contribution >= 4 is 28.2 Å². The number of carbonyl (C=O) groups is 1. The summed E-state index contributed by atoms with van der Waals surface area (Å²) < 4.78 is 44.7. The molecule has 0 fully saturated rings. The van der Waals surface area contributed by atoms with E-state index in [1.807, 2.05) is 0 Å². The molecule has 4 rings (SSSR count). The second kappa shape index (κ2) is 7.16. The number of ether oxygens (including phenoxy) is 1. The number of likely N-dealkylation sites (N-methyl/N-ethyl adjacent to an activating group) is 1. The van der Waals surface area contributed by atoms with Crippen molar-refractivity contribution in [2.75, 3.05) is 23.9 Å². The lowest BCUT2D eigenvalue weighted by Gasteiger charge is -2.27. The third kappa shape index (κ3) is 3.51. The van der Waals surface area contributed by atoms with Crippen molar-refractivity contribution < 1.29 is 22.7 Å². The molecule has 6 nitrogen and oxygen atoms in total. The van der Waals surface area contributed by atoms with Crippen LogP contribution < -0.4 is 15.0 Å². The predicted octanol–water partition coefficient (Wildman–Crippen LogP) is 4.49. The molecule has 30 heavy (non-hydrogen) atoms. The van der Waals surface area contributed by atoms with Crippen molar-refractivity contribution in [3.8, 4) is 5.75 Å². The van der Waals surface area contributed by atoms with Crippen LogP contribution in [-0.4, -0.2) is 29.8 Å². The van der Waals surface area contributed by atoms with Gasteiger partial charge in [-0.25, -0.2) is 0 Å². The van der Waals surface area contributed by atoms with Crippen LogP contribution in [0, 0.1) is 6.92 Å². The average Bonchev–Trinajstić information content (AvgIpc) is 2.71. The summed E-state index contributed by atoms with van der Waals surface area (Å²) in [6.07, 6.45) is -4.41. The second-order valence-corrected chi connectivity index (χ2v) is 7.23. The van der Waals surface area contributed by atoms with Crippen LogP contribution in [-0.2, 0) is 11.0 Å². The summed E-state index contributed by atoms with van der Waals surface area (Å²) in [4.78, 5) is 13.5. The van der Waals surface area contributed by atoms with Gasteiger partial charge in [0.2, 0.25) is 0 Å². The van der Waals surface area contributed by atoms with Gasteiger partial charge in [0.15, 0.2) is 12.4 Å². The highest BCUT2D eigenvalue weighted by atomic mass is 19.4. The maximum Gasteiger partial charge on any atom is 0.416 e. The topological polar surface area (TPSA) is 67.4 Å². The molecule has 2 aromatic carbocycles. The van der Waals surface area contributed by atoms with Gasteiger partial charge >= 0.3 is 6.18 Å². The standard InChI is InChI=1S/C21H19F3N4O2/c1-11(13-5-4-6-14(7-13)21(22,23)24)25-20-16-8-17-18(30-10-19(29)28(17)3)9-15(16)12(2)26-27-20/h4-9,11H,10H2,1-3H3,(H,25,27)/t11-/m1/s1. The Hall–Kier alpha value is -3.36. The number of rotatable bonds is 3. The first kappa shape index (κ1) is 19.9. The molecular weight excluding hydrogens is 397 g/mol. The van der Waals surface area contributed by atoms with Gasteiger partial charge in [0.1, 0.15) is 5.75 Å². The van der Waals surface area contributed by atoms with E-state index in [1.165, 1.54) is 11.0 Å². The smallest absolute Gasteiger partial charge is 0.416 e. The zero-order valence-electron chi connectivity index (χ0n) is 16.5. The number of carbonyl (C=O) groups excluding carboxylic acids is 1. The van der Waals surface area contributed by atoms with E-state index in [0.29, 0.717) is 33.9 Å². The second-order valence-electron chi connectivity index (χ2n) is 7.23. The highest BCUT2D eigenvalue weighted by Gasteiger charge is 2.31. The van der Waals surface area contributed by atoms with E-state index in [0.717, 1.165) is 17.5 Å². The van der Waals surface area contributed by atoms with Crippen LogP contribution in [0.4, 0.5) is 24.7 Å². The zero-order chi connectivity index (χ0) is 21.6. The minimum absolute atomic E-state index is 0.0374. The van der Waals surface area contributed by atoms with Gasteiger partial charge in [-0.05, 0) is 43.7 Å². The molecule has 3 aromatic rings. The van der Waals surface area contributed by atoms with Crippen LogP contribution in [0.3, 0.4) is 0 Å². The number of aryl methyl sites for hydroxylation is 1. The number of hydrogen-bond donors (Lipinski definition) is 1. The fraction of sp³-hybridized carbons (Fsp3) is 0.286. The number of benzene rings is 2. The van der Waals surface area contributed by atoms with Gasteiger partial charge in [0.25, 0.3) is 5.91 Å². The summed E-state index contributed by atoms with van der Waals surface area (Å²) in [7, 11) is 1.66. The third-order valence-electron chi connectivity index (χ3n) is 5.20. The molecule has 0 bridgehead atoms. The number of hydrogen-bond acceptors (Lipinski definition) is 5. The van der Waals surface area contributed by atoms with Gasteiger partial charge in [0, 0.05) is 17.8 Å². The molecule has 0 aliphatic carbocycles. The molecule has 0 saturated carbocycles. The maximum atomic E-state index is 13.1. The molecule has 1 amide bonds. The fourth-order valence-electron chi connectivity index (χ4n) is 3.42. The molecule has 1 atom stereocenters. The van der Waals surface area contributed by atoms with Crippen molar-refractivity contribution in [1.29, 1.82) is 0 Å². The molecular formula is C21H19F3N4O2. The number of alkyl halides is 3. The van der Waals surface area contributed by atoms with Gasteiger partial charge in [0.05, 0.1) is 23.0 Å². The van der Waals surface area contributed by atoms with E-state index < -0.39 is 17.8 Å². The normalized spacial score (nSPS) is 15.0. The van der Waals surface area contributed by atoms with Gasteiger partial charge in [-0.2, -0.15) is 18.3 Å². The number of aromatic nitrogens is 2. The van der Waals surface area contributed by atoms with Crippen molar-refractivity contribution in [1.82, 2.24) is 10.2 Å². The molecule has 9 heteroatoms. The van der Waals surface area contributed by atoms with Crippen molar-refractivity contribution in [2.45, 2.75) is 26.1 Å². The highest BCUT2D eigenvalue weighted by molar-refractivity contribution is 6.03. The van der Waals surface area contributed by atoms with E-state index in [2.05, 4.69) is 15.5 Å². The monoisotopic (exact) mass is 416 g/mol. The Kier molecular flexibility index (Phi) is 4.76. The molecule has 1 aliphatic heterocycles. The van der Waals surface area contributed by atoms with Crippen LogP contribution in [0.5, 0.6) is 5.75 Å². The molecule has 1 aliphatic rings. The summed E-state index contributed by atoms with van der Waals surface area (Å²) in [5.74, 6) is 0.805. The number of fused-ring (bicyclic) bond motifs is 2. The van der Waals surface area contributed by atoms with Crippen molar-refractivity contribution in [3.63, 3.8) is 0 Å². The SMILES string of the molecule is Cc1nnc(N[C@H](C)c2cccc(C(F)(F)F)c2)c2cc3c(cc12)OCC(=O)N3C. The fourth-order valence-corrected chi connectivity index (χ4v) is 3.42. The highest BCUT2D eigenvalue weighted by Crippen LogP contribution is 2.39. The van der Waals surface area contributed by atoms with E-state index in [-0.39, 0.29) is 12.5 Å². The number of nitrogens with one attached hydrogen (secondary N) is 1. The van der Waals surface area contributed by atoms with Gasteiger partial charge in [-0.15, -0.1) is 5.10 Å². The first-order chi connectivity index (χ1) is 14.1. The van der Waals surface area contributed by atoms with E-state index in [9.17, 15) is 18.0 Å². The molecule has 0 spiro atoms. The quantitative estimate of drug-likeness (QED) is 0.682. The summed E-state index contributed by atoms with van der Waals surface area (Å²) in [6.45, 7) is 3.52. The van der Waals surface area contributed by atoms with Crippen LogP contribution in [0.15, 0.2) is 36.4 Å². The number of anilines is 2. The predicted molar refractivity (Wildman–Crippen MR) is 107 cm³/mol. The largest absolute Gasteiger partial charge is 0.482 e. The van der Waals surface area contributed by atoms with Crippen LogP contribution in [0.1, 0.15) is 29.8 Å². The molecule has 2 heterocycles. The lowest BCUT2D eigenvalue weighted by atomic mass is 10.0. The Morgan fingerprint density at radius 1 is 1.17 bits per heavy atom. The number of nitrogens with zero attached hydrogens (tertiary/aromatic N) is 3. The summed E-state index contributed by atoms with van der Waals surface area (Å²) in [6, 6.07) is 8.28. The average molecular weight is 416 g/mol. The Morgan fingerprint density at radius 3 is 2.67 bits per heavy atom. The molecule has 1 aromatic heterocycles. The van der Waals surface area contributed by atoms with E-state index >= 15 is 0 Å². The van der Waals surface area contributed by atoms with Crippen LogP contribution in [0.2, 0.25) is 0 Å². The number of amides is 1. The minimum atomic E-state index is -4.41. The minimum Gasteiger partial charge on any atom is -0.482 e. The Balaban J connectivity index is 1.74.